The second-order valence-electron chi connectivity index (χ2n) is 4.96. The fourth-order valence-electron chi connectivity index (χ4n) is 2.39. The first-order valence-corrected chi connectivity index (χ1v) is 7.59. The highest BCUT2D eigenvalue weighted by molar-refractivity contribution is 7.18. The number of rotatable bonds is 5. The van der Waals surface area contributed by atoms with Gasteiger partial charge in [0.1, 0.15) is 16.8 Å². The highest BCUT2D eigenvalue weighted by atomic mass is 32.1. The highest BCUT2D eigenvalue weighted by Gasteiger charge is 2.35. The quantitative estimate of drug-likeness (QED) is 0.910. The zero-order chi connectivity index (χ0) is 13.4. The summed E-state index contributed by atoms with van der Waals surface area (Å²) in [6.07, 6.45) is 3.53. The number of anilines is 1. The van der Waals surface area contributed by atoms with Crippen LogP contribution in [0.1, 0.15) is 36.6 Å². The van der Waals surface area contributed by atoms with Gasteiger partial charge in [0.15, 0.2) is 5.82 Å². The molecule has 0 aliphatic heterocycles. The van der Waals surface area contributed by atoms with Crippen LogP contribution in [0.3, 0.4) is 0 Å². The van der Waals surface area contributed by atoms with Crippen molar-refractivity contribution in [2.75, 3.05) is 19.5 Å². The Hall–Kier alpha value is -1.20. The summed E-state index contributed by atoms with van der Waals surface area (Å²) in [5, 5.41) is 4.31. The van der Waals surface area contributed by atoms with Crippen LogP contribution in [0.15, 0.2) is 6.07 Å². The SMILES string of the molecule is CCc1cc2c(NC)nc(C(OC)C3CC3)nc2s1. The summed E-state index contributed by atoms with van der Waals surface area (Å²) in [7, 11) is 3.66. The number of hydrogen-bond donors (Lipinski definition) is 1. The lowest BCUT2D eigenvalue weighted by Crippen LogP contribution is -2.10. The Morgan fingerprint density at radius 1 is 1.47 bits per heavy atom. The van der Waals surface area contributed by atoms with E-state index >= 15 is 0 Å². The first-order valence-electron chi connectivity index (χ1n) is 6.77. The van der Waals surface area contributed by atoms with E-state index in [2.05, 4.69) is 23.3 Å². The summed E-state index contributed by atoms with van der Waals surface area (Å²) in [4.78, 5) is 11.8. The Bertz CT molecular complexity index is 592. The number of aromatic nitrogens is 2. The van der Waals surface area contributed by atoms with E-state index in [-0.39, 0.29) is 6.10 Å². The molecule has 3 rings (SSSR count). The molecule has 2 heterocycles. The number of nitrogens with one attached hydrogen (secondary N) is 1. The summed E-state index contributed by atoms with van der Waals surface area (Å²) in [6, 6.07) is 2.19. The lowest BCUT2D eigenvalue weighted by Gasteiger charge is -2.14. The summed E-state index contributed by atoms with van der Waals surface area (Å²) in [5.74, 6) is 2.34. The lowest BCUT2D eigenvalue weighted by atomic mass is 10.2. The summed E-state index contributed by atoms with van der Waals surface area (Å²) >= 11 is 1.75. The number of methoxy groups -OCH3 is 1. The molecule has 1 aliphatic rings. The maximum absolute atomic E-state index is 5.59. The van der Waals surface area contributed by atoms with Crippen molar-refractivity contribution in [2.45, 2.75) is 32.3 Å². The average Bonchev–Trinajstić information content (AvgIpc) is 3.17. The summed E-state index contributed by atoms with van der Waals surface area (Å²) in [6.45, 7) is 2.17. The molecule has 0 saturated heterocycles. The number of aryl methyl sites for hydroxylation is 1. The normalized spacial score (nSPS) is 16.8. The maximum atomic E-state index is 5.59. The minimum atomic E-state index is 0.0451. The fraction of sp³-hybridized carbons (Fsp3) is 0.571. The first-order chi connectivity index (χ1) is 9.26. The highest BCUT2D eigenvalue weighted by Crippen LogP contribution is 2.43. The van der Waals surface area contributed by atoms with Gasteiger partial charge in [-0.05, 0) is 31.2 Å². The van der Waals surface area contributed by atoms with E-state index < -0.39 is 0 Å². The molecule has 1 atom stereocenters. The molecule has 1 unspecified atom stereocenters. The number of hydrogen-bond acceptors (Lipinski definition) is 5. The predicted molar refractivity (Wildman–Crippen MR) is 78.8 cm³/mol. The monoisotopic (exact) mass is 277 g/mol. The van der Waals surface area contributed by atoms with Crippen LogP contribution >= 0.6 is 11.3 Å². The van der Waals surface area contributed by atoms with Gasteiger partial charge in [-0.1, -0.05) is 6.92 Å². The number of thiophene rings is 1. The Kier molecular flexibility index (Phi) is 3.41. The predicted octanol–water partition coefficient (Wildman–Crippen LogP) is 3.39. The molecule has 1 saturated carbocycles. The molecule has 0 radical (unpaired) electrons. The zero-order valence-electron chi connectivity index (χ0n) is 11.6. The van der Waals surface area contributed by atoms with Crippen molar-refractivity contribution < 1.29 is 4.74 Å². The second-order valence-corrected chi connectivity index (χ2v) is 6.07. The largest absolute Gasteiger partial charge is 0.373 e. The summed E-state index contributed by atoms with van der Waals surface area (Å²) in [5.41, 5.74) is 0. The molecule has 1 fully saturated rings. The molecule has 0 bridgehead atoms. The van der Waals surface area contributed by atoms with E-state index in [1.165, 1.54) is 17.7 Å². The smallest absolute Gasteiger partial charge is 0.161 e. The molecular formula is C14H19N3OS. The summed E-state index contributed by atoms with van der Waals surface area (Å²) < 4.78 is 5.59. The van der Waals surface area contributed by atoms with Crippen LogP contribution in [0.4, 0.5) is 5.82 Å². The van der Waals surface area contributed by atoms with E-state index in [1.807, 2.05) is 7.05 Å². The standard InChI is InChI=1S/C14H19N3OS/c1-4-9-7-10-12(15-2)16-13(17-14(10)19-9)11(18-3)8-5-6-8/h7-8,11H,4-6H2,1-3H3,(H,15,16,17). The molecule has 1 aliphatic carbocycles. The Labute approximate surface area is 117 Å². The molecule has 0 amide bonds. The molecule has 0 aromatic carbocycles. The van der Waals surface area contributed by atoms with Crippen LogP contribution in [-0.4, -0.2) is 24.1 Å². The Morgan fingerprint density at radius 3 is 2.84 bits per heavy atom. The second kappa shape index (κ2) is 5.06. The van der Waals surface area contributed by atoms with Gasteiger partial charge in [0.25, 0.3) is 0 Å². The van der Waals surface area contributed by atoms with Crippen LogP contribution in [0.2, 0.25) is 0 Å². The molecule has 1 N–H and O–H groups in total. The van der Waals surface area contributed by atoms with Crippen molar-refractivity contribution in [3.05, 3.63) is 16.8 Å². The van der Waals surface area contributed by atoms with Crippen LogP contribution in [0.5, 0.6) is 0 Å². The third-order valence-corrected chi connectivity index (χ3v) is 4.78. The molecule has 4 nitrogen and oxygen atoms in total. The van der Waals surface area contributed by atoms with Gasteiger partial charge in [-0.25, -0.2) is 9.97 Å². The van der Waals surface area contributed by atoms with Gasteiger partial charge >= 0.3 is 0 Å². The topological polar surface area (TPSA) is 47.0 Å². The number of fused-ring (bicyclic) bond motifs is 1. The first kappa shape index (κ1) is 12.8. The Morgan fingerprint density at radius 2 is 2.26 bits per heavy atom. The van der Waals surface area contributed by atoms with Gasteiger partial charge in [-0.3, -0.25) is 0 Å². The van der Waals surface area contributed by atoms with Crippen molar-refractivity contribution in [1.82, 2.24) is 9.97 Å². The van der Waals surface area contributed by atoms with Crippen LogP contribution in [0, 0.1) is 5.92 Å². The van der Waals surface area contributed by atoms with E-state index in [9.17, 15) is 0 Å². The average molecular weight is 277 g/mol. The molecule has 0 spiro atoms. The maximum Gasteiger partial charge on any atom is 0.161 e. The molecular weight excluding hydrogens is 258 g/mol. The van der Waals surface area contributed by atoms with Gasteiger partial charge in [0.2, 0.25) is 0 Å². The van der Waals surface area contributed by atoms with Gasteiger partial charge in [-0.2, -0.15) is 0 Å². The van der Waals surface area contributed by atoms with Crippen molar-refractivity contribution in [3.8, 4) is 0 Å². The molecule has 19 heavy (non-hydrogen) atoms. The van der Waals surface area contributed by atoms with Gasteiger partial charge < -0.3 is 10.1 Å². The molecule has 2 aromatic heterocycles. The third-order valence-electron chi connectivity index (χ3n) is 3.60. The molecule has 102 valence electrons. The van der Waals surface area contributed by atoms with Crippen LogP contribution < -0.4 is 5.32 Å². The molecule has 5 heteroatoms. The minimum absolute atomic E-state index is 0.0451. The number of nitrogens with zero attached hydrogens (tertiary/aromatic N) is 2. The third kappa shape index (κ3) is 2.32. The number of ether oxygens (including phenoxy) is 1. The van der Waals surface area contributed by atoms with E-state index in [0.717, 1.165) is 28.3 Å². The minimum Gasteiger partial charge on any atom is -0.373 e. The zero-order valence-corrected chi connectivity index (χ0v) is 12.4. The van der Waals surface area contributed by atoms with Crippen molar-refractivity contribution >= 4 is 27.4 Å². The van der Waals surface area contributed by atoms with E-state index in [4.69, 9.17) is 9.72 Å². The fourth-order valence-corrected chi connectivity index (χ4v) is 3.36. The van der Waals surface area contributed by atoms with Crippen LogP contribution in [-0.2, 0) is 11.2 Å². The van der Waals surface area contributed by atoms with Crippen molar-refractivity contribution in [1.29, 1.82) is 0 Å². The van der Waals surface area contributed by atoms with Gasteiger partial charge in [-0.15, -0.1) is 11.3 Å². The van der Waals surface area contributed by atoms with Crippen LogP contribution in [0.25, 0.3) is 10.2 Å². The lowest BCUT2D eigenvalue weighted by molar-refractivity contribution is 0.0777. The Balaban J connectivity index is 2.09. The van der Waals surface area contributed by atoms with Crippen molar-refractivity contribution in [2.24, 2.45) is 5.92 Å². The van der Waals surface area contributed by atoms with Crippen molar-refractivity contribution in [3.63, 3.8) is 0 Å². The van der Waals surface area contributed by atoms with E-state index in [0.29, 0.717) is 5.92 Å². The van der Waals surface area contributed by atoms with E-state index in [1.54, 1.807) is 18.4 Å². The molecule has 2 aromatic rings. The van der Waals surface area contributed by atoms with Gasteiger partial charge in [0.05, 0.1) is 5.39 Å². The van der Waals surface area contributed by atoms with Gasteiger partial charge in [0, 0.05) is 19.0 Å².